The number of methoxy groups -OCH3 is 1. The van der Waals surface area contributed by atoms with Crippen molar-refractivity contribution in [1.29, 1.82) is 0 Å². The third kappa shape index (κ3) is 3.72. The van der Waals surface area contributed by atoms with Crippen molar-refractivity contribution >= 4 is 44.3 Å². The molecule has 4 N–H and O–H groups in total. The number of rotatable bonds is 4. The lowest BCUT2D eigenvalue weighted by molar-refractivity contribution is 0.276. The fourth-order valence-electron chi connectivity index (χ4n) is 1.33. The van der Waals surface area contributed by atoms with Crippen molar-refractivity contribution in [2.75, 3.05) is 13.7 Å². The molecule has 0 bridgehead atoms. The first-order valence-corrected chi connectivity index (χ1v) is 6.22. The van der Waals surface area contributed by atoms with Crippen LogP contribution in [0.2, 0.25) is 0 Å². The summed E-state index contributed by atoms with van der Waals surface area (Å²) in [6, 6.07) is 1.34. The minimum atomic E-state index is -0.315. The second-order valence-electron chi connectivity index (χ2n) is 3.26. The van der Waals surface area contributed by atoms with Gasteiger partial charge in [0.25, 0.3) is 0 Å². The number of hydrogen-bond acceptors (Lipinski definition) is 4. The van der Waals surface area contributed by atoms with Crippen LogP contribution in [-0.4, -0.2) is 23.9 Å². The normalized spacial score (nSPS) is 11.8. The van der Waals surface area contributed by atoms with Gasteiger partial charge in [-0.3, -0.25) is 0 Å². The second-order valence-corrected chi connectivity index (χ2v) is 4.85. The minimum Gasteiger partial charge on any atom is -0.503 e. The quantitative estimate of drug-likeness (QED) is 0.738. The third-order valence-corrected chi connectivity index (χ3v) is 4.39. The summed E-state index contributed by atoms with van der Waals surface area (Å²) in [4.78, 5) is 0. The van der Waals surface area contributed by atoms with Crippen LogP contribution in [0.1, 0.15) is 18.0 Å². The van der Waals surface area contributed by atoms with E-state index in [4.69, 9.17) is 15.6 Å². The van der Waals surface area contributed by atoms with Crippen LogP contribution in [0.4, 0.5) is 0 Å². The van der Waals surface area contributed by atoms with Crippen molar-refractivity contribution in [2.24, 2.45) is 5.73 Å². The van der Waals surface area contributed by atoms with E-state index in [0.29, 0.717) is 21.1 Å². The molecule has 0 amide bonds. The van der Waals surface area contributed by atoms with Crippen LogP contribution in [0, 0.1) is 0 Å². The number of nitrogens with two attached hydrogens (primary N) is 1. The number of benzene rings is 1. The van der Waals surface area contributed by atoms with Crippen LogP contribution in [0.15, 0.2) is 15.0 Å². The van der Waals surface area contributed by atoms with E-state index in [1.54, 1.807) is 6.07 Å². The molecule has 0 heterocycles. The van der Waals surface area contributed by atoms with E-state index in [1.807, 2.05) is 0 Å². The number of phenolic OH excluding ortho intramolecular Hbond substituents is 1. The highest BCUT2D eigenvalue weighted by Crippen LogP contribution is 2.43. The van der Waals surface area contributed by atoms with Gasteiger partial charge in [0.05, 0.1) is 11.6 Å². The molecule has 0 aromatic heterocycles. The van der Waals surface area contributed by atoms with Crippen molar-refractivity contribution in [2.45, 2.75) is 12.5 Å². The monoisotopic (exact) mass is 389 g/mol. The van der Waals surface area contributed by atoms with Gasteiger partial charge in [-0.25, -0.2) is 0 Å². The Balaban J connectivity index is 0.00000256. The predicted molar refractivity (Wildman–Crippen MR) is 75.9 cm³/mol. The number of phenols is 1. The molecule has 0 aliphatic carbocycles. The molecule has 0 fully saturated rings. The molecular formula is C10H14Br2ClNO3. The summed E-state index contributed by atoms with van der Waals surface area (Å²) >= 11 is 6.59. The zero-order valence-electron chi connectivity index (χ0n) is 9.11. The summed E-state index contributed by atoms with van der Waals surface area (Å²) in [5.74, 6) is 0.368. The molecular weight excluding hydrogens is 377 g/mol. The fourth-order valence-corrected chi connectivity index (χ4v) is 2.35. The van der Waals surface area contributed by atoms with Gasteiger partial charge < -0.3 is 20.7 Å². The molecule has 0 unspecified atom stereocenters. The number of aliphatic hydroxyl groups excluding tert-OH is 1. The van der Waals surface area contributed by atoms with Gasteiger partial charge in [-0.1, -0.05) is 0 Å². The van der Waals surface area contributed by atoms with Crippen LogP contribution in [0.3, 0.4) is 0 Å². The summed E-state index contributed by atoms with van der Waals surface area (Å²) < 4.78 is 6.20. The summed E-state index contributed by atoms with van der Waals surface area (Å²) in [7, 11) is 1.47. The van der Waals surface area contributed by atoms with Crippen molar-refractivity contribution in [3.8, 4) is 11.5 Å². The molecule has 0 spiro atoms. The van der Waals surface area contributed by atoms with E-state index in [2.05, 4.69) is 31.9 Å². The van der Waals surface area contributed by atoms with Gasteiger partial charge in [-0.15, -0.1) is 12.4 Å². The van der Waals surface area contributed by atoms with Gasteiger partial charge in [-0.2, -0.15) is 0 Å². The molecule has 0 saturated carbocycles. The summed E-state index contributed by atoms with van der Waals surface area (Å²) in [5, 5.41) is 18.6. The number of aliphatic hydroxyl groups is 1. The van der Waals surface area contributed by atoms with Gasteiger partial charge in [-0.05, 0) is 49.9 Å². The van der Waals surface area contributed by atoms with Gasteiger partial charge in [0, 0.05) is 17.1 Å². The van der Waals surface area contributed by atoms with Crippen LogP contribution in [-0.2, 0) is 0 Å². The molecule has 1 aromatic carbocycles. The lowest BCUT2D eigenvalue weighted by Gasteiger charge is -2.16. The Labute approximate surface area is 123 Å². The first-order valence-electron chi connectivity index (χ1n) is 4.64. The van der Waals surface area contributed by atoms with Crippen molar-refractivity contribution < 1.29 is 14.9 Å². The molecule has 0 aliphatic rings. The van der Waals surface area contributed by atoms with Crippen molar-refractivity contribution in [3.63, 3.8) is 0 Å². The summed E-state index contributed by atoms with van der Waals surface area (Å²) in [6.07, 6.45) is 0.443. The Bertz CT molecular complexity index is 390. The highest BCUT2D eigenvalue weighted by molar-refractivity contribution is 9.13. The number of ether oxygens (including phenoxy) is 1. The largest absolute Gasteiger partial charge is 0.503 e. The van der Waals surface area contributed by atoms with E-state index < -0.39 is 0 Å². The Kier molecular flexibility index (Phi) is 7.43. The fraction of sp³-hybridized carbons (Fsp3) is 0.400. The average Bonchev–Trinajstić information content (AvgIpc) is 2.27. The highest BCUT2D eigenvalue weighted by atomic mass is 79.9. The van der Waals surface area contributed by atoms with Gasteiger partial charge in [0.1, 0.15) is 0 Å². The Morgan fingerprint density at radius 1 is 1.41 bits per heavy atom. The first-order chi connectivity index (χ1) is 7.52. The smallest absolute Gasteiger partial charge is 0.173 e. The number of hydrogen-bond donors (Lipinski definition) is 3. The molecule has 4 nitrogen and oxygen atoms in total. The topological polar surface area (TPSA) is 75.7 Å². The number of aromatic hydroxyl groups is 1. The molecule has 0 radical (unpaired) electrons. The SMILES string of the molecule is COc1cc([C@@H](N)CCO)c(Br)c(Br)c1O.Cl. The van der Waals surface area contributed by atoms with Crippen LogP contribution in [0.5, 0.6) is 11.5 Å². The van der Waals surface area contributed by atoms with Crippen LogP contribution < -0.4 is 10.5 Å². The lowest BCUT2D eigenvalue weighted by atomic mass is 10.0. The zero-order chi connectivity index (χ0) is 12.3. The Morgan fingerprint density at radius 3 is 2.47 bits per heavy atom. The van der Waals surface area contributed by atoms with Crippen molar-refractivity contribution in [1.82, 2.24) is 0 Å². The molecule has 17 heavy (non-hydrogen) atoms. The van der Waals surface area contributed by atoms with Gasteiger partial charge in [0.2, 0.25) is 0 Å². The van der Waals surface area contributed by atoms with Gasteiger partial charge in [0.15, 0.2) is 11.5 Å². The maximum Gasteiger partial charge on any atom is 0.173 e. The molecule has 98 valence electrons. The molecule has 1 atom stereocenters. The van der Waals surface area contributed by atoms with E-state index in [-0.39, 0.29) is 30.8 Å². The lowest BCUT2D eigenvalue weighted by Crippen LogP contribution is -2.13. The zero-order valence-corrected chi connectivity index (χ0v) is 13.1. The Morgan fingerprint density at radius 2 is 2.00 bits per heavy atom. The Hall–Kier alpha value is -0.0100. The predicted octanol–water partition coefficient (Wildman–Crippen LogP) is 2.73. The molecule has 0 aliphatic heterocycles. The molecule has 1 aromatic rings. The third-order valence-electron chi connectivity index (χ3n) is 2.23. The van der Waals surface area contributed by atoms with Crippen LogP contribution >= 0.6 is 44.3 Å². The second kappa shape index (κ2) is 7.43. The average molecular weight is 391 g/mol. The van der Waals surface area contributed by atoms with E-state index in [9.17, 15) is 5.11 Å². The molecule has 0 saturated heterocycles. The van der Waals surface area contributed by atoms with E-state index in [0.717, 1.165) is 5.56 Å². The maximum atomic E-state index is 9.72. The molecule has 1 rings (SSSR count). The van der Waals surface area contributed by atoms with Crippen molar-refractivity contribution in [3.05, 3.63) is 20.6 Å². The maximum absolute atomic E-state index is 9.72. The highest BCUT2D eigenvalue weighted by Gasteiger charge is 2.18. The van der Waals surface area contributed by atoms with E-state index >= 15 is 0 Å². The van der Waals surface area contributed by atoms with Gasteiger partial charge >= 0.3 is 0 Å². The summed E-state index contributed by atoms with van der Waals surface area (Å²) in [5.41, 5.74) is 6.67. The minimum absolute atomic E-state index is 0. The first kappa shape index (κ1) is 17.0. The number of halogens is 3. The standard InChI is InChI=1S/C10H13Br2NO3.ClH/c1-16-7-4-5(6(13)2-3-14)8(11)9(12)10(7)15;/h4,6,14-15H,2-3,13H2,1H3;1H/t6-;/m0./s1. The van der Waals surface area contributed by atoms with E-state index in [1.165, 1.54) is 7.11 Å². The summed E-state index contributed by atoms with van der Waals surface area (Å²) in [6.45, 7) is 0.00835. The molecule has 7 heteroatoms. The van der Waals surface area contributed by atoms with Crippen LogP contribution in [0.25, 0.3) is 0 Å².